The number of benzene rings is 2. The molecule has 0 aromatic heterocycles. The van der Waals surface area contributed by atoms with E-state index in [9.17, 15) is 0 Å². The van der Waals surface area contributed by atoms with Gasteiger partial charge in [0.15, 0.2) is 0 Å². The Balaban J connectivity index is 2.84. The molecular weight excluding hydrogens is 292 g/mol. The third kappa shape index (κ3) is 3.28. The van der Waals surface area contributed by atoms with E-state index < -0.39 is 0 Å². The number of nitrogen functional groups attached to an aromatic ring is 2. The van der Waals surface area contributed by atoms with E-state index in [2.05, 4.69) is 59.7 Å². The Labute approximate surface area is 147 Å². The lowest BCUT2D eigenvalue weighted by atomic mass is 9.81. The Morgan fingerprint density at radius 3 is 1.88 bits per heavy atom. The lowest BCUT2D eigenvalue weighted by Crippen LogP contribution is -2.09. The van der Waals surface area contributed by atoms with Crippen LogP contribution in [0.15, 0.2) is 24.3 Å². The van der Waals surface area contributed by atoms with Gasteiger partial charge in [0.1, 0.15) is 0 Å². The minimum absolute atomic E-state index is 0.409. The van der Waals surface area contributed by atoms with Gasteiger partial charge in [-0.3, -0.25) is 0 Å². The van der Waals surface area contributed by atoms with Crippen molar-refractivity contribution in [3.8, 4) is 11.1 Å². The molecule has 0 heterocycles. The van der Waals surface area contributed by atoms with Gasteiger partial charge in [-0.2, -0.15) is 0 Å². The van der Waals surface area contributed by atoms with Crippen LogP contribution in [0.4, 0.5) is 11.4 Å². The molecule has 0 amide bonds. The van der Waals surface area contributed by atoms with Crippen LogP contribution in [-0.2, 0) is 12.8 Å². The van der Waals surface area contributed by atoms with E-state index in [0.717, 1.165) is 24.2 Å². The van der Waals surface area contributed by atoms with Crippen molar-refractivity contribution in [3.05, 3.63) is 46.5 Å². The molecule has 0 atom stereocenters. The summed E-state index contributed by atoms with van der Waals surface area (Å²) in [6.45, 7) is 13.3. The lowest BCUT2D eigenvalue weighted by Gasteiger charge is -2.25. The van der Waals surface area contributed by atoms with Crippen LogP contribution in [0.25, 0.3) is 11.1 Å². The van der Waals surface area contributed by atoms with E-state index in [1.807, 2.05) is 6.07 Å². The first kappa shape index (κ1) is 18.4. The highest BCUT2D eigenvalue weighted by Gasteiger charge is 2.21. The fourth-order valence-corrected chi connectivity index (χ4v) is 3.65. The molecule has 4 N–H and O–H groups in total. The van der Waals surface area contributed by atoms with Crippen LogP contribution in [0, 0.1) is 0 Å². The van der Waals surface area contributed by atoms with Gasteiger partial charge in [-0.1, -0.05) is 47.6 Å². The summed E-state index contributed by atoms with van der Waals surface area (Å²) in [6, 6.07) is 8.72. The molecular formula is C22H32N2. The number of rotatable bonds is 5. The fraction of sp³-hybridized carbons (Fsp3) is 0.455. The van der Waals surface area contributed by atoms with Gasteiger partial charge in [-0.25, -0.2) is 0 Å². The third-order valence-electron chi connectivity index (χ3n) is 4.91. The summed E-state index contributed by atoms with van der Waals surface area (Å²) in [4.78, 5) is 0. The van der Waals surface area contributed by atoms with E-state index in [1.54, 1.807) is 0 Å². The molecule has 0 unspecified atom stereocenters. The summed E-state index contributed by atoms with van der Waals surface area (Å²) in [7, 11) is 0. The Morgan fingerprint density at radius 2 is 1.38 bits per heavy atom. The zero-order valence-corrected chi connectivity index (χ0v) is 16.0. The lowest BCUT2D eigenvalue weighted by molar-refractivity contribution is 0.792. The molecule has 0 saturated carbocycles. The molecule has 130 valence electrons. The van der Waals surface area contributed by atoms with Gasteiger partial charge in [0.05, 0.1) is 0 Å². The fourth-order valence-electron chi connectivity index (χ4n) is 3.65. The monoisotopic (exact) mass is 324 g/mol. The topological polar surface area (TPSA) is 52.0 Å². The van der Waals surface area contributed by atoms with E-state index >= 15 is 0 Å². The highest BCUT2D eigenvalue weighted by molar-refractivity contribution is 5.78. The van der Waals surface area contributed by atoms with E-state index in [1.165, 1.54) is 33.4 Å². The Bertz CT molecular complexity index is 727. The molecule has 0 aliphatic heterocycles. The average molecular weight is 325 g/mol. The molecule has 0 radical (unpaired) electrons. The maximum Gasteiger partial charge on any atom is 0.0384 e. The number of hydrogen-bond donors (Lipinski definition) is 2. The number of aryl methyl sites for hydroxylation is 2. The second kappa shape index (κ2) is 7.29. The highest BCUT2D eigenvalue weighted by atomic mass is 14.6. The average Bonchev–Trinajstić information content (AvgIpc) is 2.54. The Kier molecular flexibility index (Phi) is 5.58. The maximum absolute atomic E-state index is 6.54. The first-order valence-electron chi connectivity index (χ1n) is 9.15. The molecule has 0 aliphatic carbocycles. The summed E-state index contributed by atoms with van der Waals surface area (Å²) < 4.78 is 0. The molecule has 0 saturated heterocycles. The van der Waals surface area contributed by atoms with Crippen LogP contribution >= 0.6 is 0 Å². The zero-order valence-electron chi connectivity index (χ0n) is 16.0. The highest BCUT2D eigenvalue weighted by Crippen LogP contribution is 2.41. The number of hydrogen-bond acceptors (Lipinski definition) is 2. The van der Waals surface area contributed by atoms with Crippen molar-refractivity contribution in [2.24, 2.45) is 0 Å². The van der Waals surface area contributed by atoms with Crippen molar-refractivity contribution < 1.29 is 0 Å². The standard InChI is InChI=1S/C22H32N2/c1-7-15-11-17(9-10-19(15)23)18-12-16(8-2)22(24)21(14(5)6)20(18)13(3)4/h9-14H,7-8,23-24H2,1-6H3. The van der Waals surface area contributed by atoms with Gasteiger partial charge in [0.25, 0.3) is 0 Å². The Morgan fingerprint density at radius 1 is 0.792 bits per heavy atom. The smallest absolute Gasteiger partial charge is 0.0384 e. The molecule has 2 heteroatoms. The molecule has 2 aromatic carbocycles. The Hall–Kier alpha value is -1.96. The minimum Gasteiger partial charge on any atom is -0.399 e. The summed E-state index contributed by atoms with van der Waals surface area (Å²) >= 11 is 0. The molecule has 2 aromatic rings. The summed E-state index contributed by atoms with van der Waals surface area (Å²) in [5, 5.41) is 0. The summed E-state index contributed by atoms with van der Waals surface area (Å²) in [6.07, 6.45) is 1.90. The van der Waals surface area contributed by atoms with Crippen molar-refractivity contribution in [3.63, 3.8) is 0 Å². The van der Waals surface area contributed by atoms with Gasteiger partial charge in [0, 0.05) is 11.4 Å². The van der Waals surface area contributed by atoms with Crippen molar-refractivity contribution >= 4 is 11.4 Å². The quantitative estimate of drug-likeness (QED) is 0.674. The summed E-state index contributed by atoms with van der Waals surface area (Å²) in [5.41, 5.74) is 22.2. The van der Waals surface area contributed by atoms with Crippen LogP contribution in [0.5, 0.6) is 0 Å². The van der Waals surface area contributed by atoms with Crippen LogP contribution in [0.1, 0.15) is 75.6 Å². The molecule has 0 fully saturated rings. The molecule has 2 nitrogen and oxygen atoms in total. The van der Waals surface area contributed by atoms with Crippen LogP contribution in [0.2, 0.25) is 0 Å². The molecule has 2 rings (SSSR count). The normalized spacial score (nSPS) is 11.5. The van der Waals surface area contributed by atoms with E-state index in [0.29, 0.717) is 11.8 Å². The van der Waals surface area contributed by atoms with Gasteiger partial charge in [-0.15, -0.1) is 0 Å². The molecule has 0 bridgehead atoms. The number of nitrogens with two attached hydrogens (primary N) is 2. The largest absolute Gasteiger partial charge is 0.399 e. The third-order valence-corrected chi connectivity index (χ3v) is 4.91. The van der Waals surface area contributed by atoms with Gasteiger partial charge >= 0.3 is 0 Å². The predicted molar refractivity (Wildman–Crippen MR) is 108 cm³/mol. The zero-order chi connectivity index (χ0) is 18.0. The minimum atomic E-state index is 0.409. The van der Waals surface area contributed by atoms with Gasteiger partial charge in [0.2, 0.25) is 0 Å². The predicted octanol–water partition coefficient (Wildman–Crippen LogP) is 5.89. The molecule has 0 spiro atoms. The SMILES string of the molecule is CCc1cc(-c2cc(CC)c(N)c(C(C)C)c2C(C)C)ccc1N. The maximum atomic E-state index is 6.54. The van der Waals surface area contributed by atoms with Crippen molar-refractivity contribution in [1.29, 1.82) is 0 Å². The molecule has 24 heavy (non-hydrogen) atoms. The van der Waals surface area contributed by atoms with Gasteiger partial charge in [-0.05, 0) is 76.3 Å². The van der Waals surface area contributed by atoms with Crippen molar-refractivity contribution in [2.75, 3.05) is 11.5 Å². The van der Waals surface area contributed by atoms with Gasteiger partial charge < -0.3 is 11.5 Å². The van der Waals surface area contributed by atoms with E-state index in [-0.39, 0.29) is 0 Å². The molecule has 0 aliphatic rings. The number of anilines is 2. The first-order chi connectivity index (χ1) is 11.3. The second-order valence-corrected chi connectivity index (χ2v) is 7.25. The van der Waals surface area contributed by atoms with Crippen LogP contribution < -0.4 is 11.5 Å². The first-order valence-corrected chi connectivity index (χ1v) is 9.15. The summed E-state index contributed by atoms with van der Waals surface area (Å²) in [5.74, 6) is 0.834. The van der Waals surface area contributed by atoms with E-state index in [4.69, 9.17) is 11.5 Å². The van der Waals surface area contributed by atoms with Crippen LogP contribution in [0.3, 0.4) is 0 Å². The van der Waals surface area contributed by atoms with Crippen molar-refractivity contribution in [1.82, 2.24) is 0 Å². The van der Waals surface area contributed by atoms with Crippen LogP contribution in [-0.4, -0.2) is 0 Å². The van der Waals surface area contributed by atoms with Crippen molar-refractivity contribution in [2.45, 2.75) is 66.2 Å². The second-order valence-electron chi connectivity index (χ2n) is 7.25.